The largest absolute Gasteiger partial charge is 0.493 e. The molecule has 0 bridgehead atoms. The molecule has 0 saturated carbocycles. The van der Waals surface area contributed by atoms with Crippen LogP contribution in [-0.2, 0) is 11.2 Å². The van der Waals surface area contributed by atoms with Crippen LogP contribution in [0, 0.1) is 0 Å². The van der Waals surface area contributed by atoms with Gasteiger partial charge in [-0.05, 0) is 37.0 Å². The minimum atomic E-state index is 0.156. The number of methoxy groups -OCH3 is 3. The predicted molar refractivity (Wildman–Crippen MR) is 80.2 cm³/mol. The summed E-state index contributed by atoms with van der Waals surface area (Å²) >= 11 is 0. The molecule has 0 spiro atoms. The monoisotopic (exact) mass is 293 g/mol. The number of amides is 1. The van der Waals surface area contributed by atoms with Gasteiger partial charge in [0.05, 0.1) is 27.8 Å². The minimum Gasteiger partial charge on any atom is -0.493 e. The van der Waals surface area contributed by atoms with Gasteiger partial charge < -0.3 is 19.1 Å². The second-order valence-electron chi connectivity index (χ2n) is 5.15. The average Bonchev–Trinajstić information content (AvgIpc) is 2.54. The number of likely N-dealkylation sites (tertiary alicyclic amines) is 1. The first kappa shape index (κ1) is 15.5. The summed E-state index contributed by atoms with van der Waals surface area (Å²) in [5.41, 5.74) is 0.875. The van der Waals surface area contributed by atoms with E-state index in [4.69, 9.17) is 14.2 Å². The summed E-state index contributed by atoms with van der Waals surface area (Å²) in [6, 6.07) is 3.67. The molecule has 2 rings (SSSR count). The van der Waals surface area contributed by atoms with E-state index in [1.165, 1.54) is 6.42 Å². The van der Waals surface area contributed by atoms with Crippen LogP contribution in [0.5, 0.6) is 17.2 Å². The molecule has 1 fully saturated rings. The van der Waals surface area contributed by atoms with Crippen molar-refractivity contribution in [1.29, 1.82) is 0 Å². The van der Waals surface area contributed by atoms with E-state index in [1.54, 1.807) is 21.3 Å². The van der Waals surface area contributed by atoms with Crippen LogP contribution in [0.4, 0.5) is 0 Å². The highest BCUT2D eigenvalue weighted by Crippen LogP contribution is 2.38. The Labute approximate surface area is 125 Å². The van der Waals surface area contributed by atoms with Crippen molar-refractivity contribution in [3.8, 4) is 17.2 Å². The fourth-order valence-corrected chi connectivity index (χ4v) is 2.67. The fraction of sp³-hybridized carbons (Fsp3) is 0.562. The molecule has 0 N–H and O–H groups in total. The van der Waals surface area contributed by atoms with E-state index in [2.05, 4.69) is 0 Å². The van der Waals surface area contributed by atoms with Crippen LogP contribution in [-0.4, -0.2) is 45.2 Å². The normalized spacial score (nSPS) is 14.7. The highest BCUT2D eigenvalue weighted by atomic mass is 16.5. The van der Waals surface area contributed by atoms with Gasteiger partial charge in [0.2, 0.25) is 11.7 Å². The van der Waals surface area contributed by atoms with Gasteiger partial charge in [0.15, 0.2) is 11.5 Å². The van der Waals surface area contributed by atoms with Crippen molar-refractivity contribution >= 4 is 5.91 Å². The molecule has 0 aromatic heterocycles. The van der Waals surface area contributed by atoms with Gasteiger partial charge in [-0.25, -0.2) is 0 Å². The van der Waals surface area contributed by atoms with E-state index in [0.717, 1.165) is 31.5 Å². The van der Waals surface area contributed by atoms with Crippen molar-refractivity contribution in [3.05, 3.63) is 17.7 Å². The van der Waals surface area contributed by atoms with Gasteiger partial charge in [-0.1, -0.05) is 0 Å². The molecule has 21 heavy (non-hydrogen) atoms. The average molecular weight is 293 g/mol. The highest BCUT2D eigenvalue weighted by molar-refractivity contribution is 5.79. The quantitative estimate of drug-likeness (QED) is 0.835. The lowest BCUT2D eigenvalue weighted by atomic mass is 10.1. The summed E-state index contributed by atoms with van der Waals surface area (Å²) in [5, 5.41) is 0. The number of hydrogen-bond acceptors (Lipinski definition) is 4. The van der Waals surface area contributed by atoms with Gasteiger partial charge in [-0.2, -0.15) is 0 Å². The third-order valence-electron chi connectivity index (χ3n) is 3.79. The number of nitrogens with zero attached hydrogens (tertiary/aromatic N) is 1. The van der Waals surface area contributed by atoms with Gasteiger partial charge in [-0.3, -0.25) is 4.79 Å². The molecule has 5 heteroatoms. The van der Waals surface area contributed by atoms with Crippen molar-refractivity contribution < 1.29 is 19.0 Å². The Morgan fingerprint density at radius 1 is 1.00 bits per heavy atom. The topological polar surface area (TPSA) is 48.0 Å². The summed E-state index contributed by atoms with van der Waals surface area (Å²) in [7, 11) is 4.72. The zero-order valence-electron chi connectivity index (χ0n) is 13.0. The Bertz CT molecular complexity index is 470. The predicted octanol–water partition coefficient (Wildman–Crippen LogP) is 2.27. The summed E-state index contributed by atoms with van der Waals surface area (Å²) in [6.45, 7) is 1.73. The van der Waals surface area contributed by atoms with E-state index in [9.17, 15) is 4.79 Å². The van der Waals surface area contributed by atoms with Gasteiger partial charge in [0, 0.05) is 13.1 Å². The highest BCUT2D eigenvalue weighted by Gasteiger charge is 2.19. The molecule has 1 aromatic carbocycles. The van der Waals surface area contributed by atoms with E-state index >= 15 is 0 Å². The number of hydrogen-bond donors (Lipinski definition) is 0. The Hall–Kier alpha value is -1.91. The van der Waals surface area contributed by atoms with Crippen LogP contribution in [0.3, 0.4) is 0 Å². The van der Waals surface area contributed by atoms with Crippen molar-refractivity contribution in [2.24, 2.45) is 0 Å². The Kier molecular flexibility index (Phi) is 5.31. The van der Waals surface area contributed by atoms with Crippen LogP contribution in [0.2, 0.25) is 0 Å². The second kappa shape index (κ2) is 7.20. The third kappa shape index (κ3) is 3.60. The zero-order chi connectivity index (χ0) is 15.2. The minimum absolute atomic E-state index is 0.156. The smallest absolute Gasteiger partial charge is 0.226 e. The lowest BCUT2D eigenvalue weighted by Crippen LogP contribution is -2.36. The molecule has 1 aliphatic rings. The van der Waals surface area contributed by atoms with Crippen molar-refractivity contribution in [2.45, 2.75) is 25.7 Å². The number of carbonyl (C=O) groups excluding carboxylic acids is 1. The first-order valence-corrected chi connectivity index (χ1v) is 7.26. The SMILES string of the molecule is COc1cc(CC(=O)N2CCCCC2)cc(OC)c1OC. The summed E-state index contributed by atoms with van der Waals surface area (Å²) in [4.78, 5) is 14.3. The number of benzene rings is 1. The van der Waals surface area contributed by atoms with Crippen LogP contribution < -0.4 is 14.2 Å². The van der Waals surface area contributed by atoms with Crippen molar-refractivity contribution in [3.63, 3.8) is 0 Å². The van der Waals surface area contributed by atoms with Crippen LogP contribution in [0.25, 0.3) is 0 Å². The fourth-order valence-electron chi connectivity index (χ4n) is 2.67. The Morgan fingerprint density at radius 3 is 2.05 bits per heavy atom. The van der Waals surface area contributed by atoms with Crippen LogP contribution in [0.1, 0.15) is 24.8 Å². The van der Waals surface area contributed by atoms with Crippen molar-refractivity contribution in [1.82, 2.24) is 4.90 Å². The first-order valence-electron chi connectivity index (χ1n) is 7.26. The molecule has 0 radical (unpaired) electrons. The maximum Gasteiger partial charge on any atom is 0.226 e. The molecular weight excluding hydrogens is 270 g/mol. The molecule has 5 nitrogen and oxygen atoms in total. The first-order chi connectivity index (χ1) is 10.2. The van der Waals surface area contributed by atoms with Crippen LogP contribution >= 0.6 is 0 Å². The van der Waals surface area contributed by atoms with E-state index < -0.39 is 0 Å². The van der Waals surface area contributed by atoms with Crippen LogP contribution in [0.15, 0.2) is 12.1 Å². The molecule has 0 unspecified atom stereocenters. The Balaban J connectivity index is 2.17. The number of ether oxygens (including phenoxy) is 3. The molecule has 1 aromatic rings. The second-order valence-corrected chi connectivity index (χ2v) is 5.15. The molecule has 1 heterocycles. The molecule has 1 saturated heterocycles. The van der Waals surface area contributed by atoms with Gasteiger partial charge in [0.1, 0.15) is 0 Å². The van der Waals surface area contributed by atoms with Gasteiger partial charge >= 0.3 is 0 Å². The number of rotatable bonds is 5. The summed E-state index contributed by atoms with van der Waals surface area (Å²) in [6.07, 6.45) is 3.77. The number of carbonyl (C=O) groups is 1. The van der Waals surface area contributed by atoms with Gasteiger partial charge in [-0.15, -0.1) is 0 Å². The molecular formula is C16H23NO4. The van der Waals surface area contributed by atoms with E-state index in [-0.39, 0.29) is 5.91 Å². The molecule has 0 atom stereocenters. The molecule has 1 amide bonds. The standard InChI is InChI=1S/C16H23NO4/c1-19-13-9-12(10-14(20-2)16(13)21-3)11-15(18)17-7-5-4-6-8-17/h9-10H,4-8,11H2,1-3H3. The molecule has 0 aliphatic carbocycles. The summed E-state index contributed by atoms with van der Waals surface area (Å²) in [5.74, 6) is 1.87. The van der Waals surface area contributed by atoms with E-state index in [0.29, 0.717) is 23.7 Å². The molecule has 1 aliphatic heterocycles. The maximum atomic E-state index is 12.3. The van der Waals surface area contributed by atoms with Gasteiger partial charge in [0.25, 0.3) is 0 Å². The Morgan fingerprint density at radius 2 is 1.57 bits per heavy atom. The number of piperidine rings is 1. The van der Waals surface area contributed by atoms with E-state index in [1.807, 2.05) is 17.0 Å². The third-order valence-corrected chi connectivity index (χ3v) is 3.79. The van der Waals surface area contributed by atoms with Crippen molar-refractivity contribution in [2.75, 3.05) is 34.4 Å². The maximum absolute atomic E-state index is 12.3. The summed E-state index contributed by atoms with van der Waals surface area (Å²) < 4.78 is 15.9. The zero-order valence-corrected chi connectivity index (χ0v) is 13.0. The lowest BCUT2D eigenvalue weighted by Gasteiger charge is -2.27. The lowest BCUT2D eigenvalue weighted by molar-refractivity contribution is -0.131. The molecule has 116 valence electrons.